The van der Waals surface area contributed by atoms with Crippen LogP contribution in [0.25, 0.3) is 10.8 Å². The van der Waals surface area contributed by atoms with Crippen molar-refractivity contribution in [3.05, 3.63) is 113 Å². The van der Waals surface area contributed by atoms with Gasteiger partial charge in [-0.05, 0) is 52.2 Å². The van der Waals surface area contributed by atoms with Crippen LogP contribution in [0, 0.1) is 0 Å². The van der Waals surface area contributed by atoms with Crippen molar-refractivity contribution in [1.82, 2.24) is 0 Å². The van der Waals surface area contributed by atoms with E-state index in [9.17, 15) is 0 Å². The van der Waals surface area contributed by atoms with Crippen LogP contribution >= 0.6 is 11.6 Å². The first kappa shape index (κ1) is 17.8. The fourth-order valence-corrected chi connectivity index (χ4v) is 3.98. The van der Waals surface area contributed by atoms with Crippen LogP contribution in [0.1, 0.15) is 23.5 Å². The molecule has 29 heavy (non-hydrogen) atoms. The molecule has 0 fully saturated rings. The third kappa shape index (κ3) is 3.72. The van der Waals surface area contributed by atoms with E-state index in [1.54, 1.807) is 0 Å². The average molecular weight is 395 g/mol. The van der Waals surface area contributed by atoms with E-state index in [4.69, 9.17) is 21.6 Å². The molecular formula is C26H19ClN2. The summed E-state index contributed by atoms with van der Waals surface area (Å²) in [6, 6.07) is 33.1. The minimum atomic E-state index is 0.198. The second-order valence-electron chi connectivity index (χ2n) is 7.23. The predicted octanol–water partition coefficient (Wildman–Crippen LogP) is 7.20. The van der Waals surface area contributed by atoms with Gasteiger partial charge < -0.3 is 0 Å². The number of hydrogen-bond acceptors (Lipinski definition) is 1. The Morgan fingerprint density at radius 1 is 0.759 bits per heavy atom. The minimum Gasteiger partial charge on any atom is -0.237 e. The molecule has 4 aromatic carbocycles. The zero-order valence-corrected chi connectivity index (χ0v) is 16.6. The van der Waals surface area contributed by atoms with Crippen molar-refractivity contribution >= 4 is 39.6 Å². The fraction of sp³-hybridized carbons (Fsp3) is 0.0769. The predicted molar refractivity (Wildman–Crippen MR) is 123 cm³/mol. The summed E-state index contributed by atoms with van der Waals surface area (Å²) in [5.41, 5.74) is 4.37. The zero-order chi connectivity index (χ0) is 19.6. The normalized spacial score (nSPS) is 17.6. The van der Waals surface area contributed by atoms with E-state index in [0.717, 1.165) is 29.2 Å². The topological polar surface area (TPSA) is 24.7 Å². The van der Waals surface area contributed by atoms with Gasteiger partial charge in [-0.2, -0.15) is 0 Å². The molecule has 0 saturated heterocycles. The highest BCUT2D eigenvalue weighted by Crippen LogP contribution is 2.33. The summed E-state index contributed by atoms with van der Waals surface area (Å²) >= 11 is 6.01. The van der Waals surface area contributed by atoms with Gasteiger partial charge in [0.05, 0.1) is 11.4 Å². The highest BCUT2D eigenvalue weighted by molar-refractivity contribution is 6.30. The number of hydrogen-bond donors (Lipinski definition) is 0. The van der Waals surface area contributed by atoms with E-state index in [0.29, 0.717) is 5.02 Å². The summed E-state index contributed by atoms with van der Waals surface area (Å²) in [4.78, 5) is 9.76. The van der Waals surface area contributed by atoms with Crippen molar-refractivity contribution in [2.24, 2.45) is 9.98 Å². The number of nitrogens with zero attached hydrogens (tertiary/aromatic N) is 2. The van der Waals surface area contributed by atoms with Crippen molar-refractivity contribution in [3.8, 4) is 0 Å². The first-order valence-corrected chi connectivity index (χ1v) is 10.1. The van der Waals surface area contributed by atoms with Gasteiger partial charge >= 0.3 is 0 Å². The molecule has 4 aromatic rings. The summed E-state index contributed by atoms with van der Waals surface area (Å²) in [5.74, 6) is 1.05. The van der Waals surface area contributed by atoms with E-state index in [2.05, 4.69) is 66.7 Å². The molecule has 0 aromatic heterocycles. The lowest BCUT2D eigenvalue weighted by atomic mass is 9.88. The number of amidine groups is 1. The molecule has 3 heteroatoms. The Labute approximate surface area is 175 Å². The van der Waals surface area contributed by atoms with Gasteiger partial charge in [0.15, 0.2) is 0 Å². The van der Waals surface area contributed by atoms with Crippen molar-refractivity contribution in [2.45, 2.75) is 12.3 Å². The molecule has 1 heterocycles. The van der Waals surface area contributed by atoms with Crippen LogP contribution in [0.2, 0.25) is 5.02 Å². The quantitative estimate of drug-likeness (QED) is 0.351. The lowest BCUT2D eigenvalue weighted by Gasteiger charge is -2.14. The van der Waals surface area contributed by atoms with Gasteiger partial charge in [0.2, 0.25) is 0 Å². The third-order valence-electron chi connectivity index (χ3n) is 5.30. The van der Waals surface area contributed by atoms with Crippen molar-refractivity contribution in [2.75, 3.05) is 0 Å². The number of fused-ring (bicyclic) bond motifs is 1. The monoisotopic (exact) mass is 394 g/mol. The van der Waals surface area contributed by atoms with Gasteiger partial charge in [0.25, 0.3) is 0 Å². The maximum Gasteiger partial charge on any atom is 0.130 e. The van der Waals surface area contributed by atoms with Crippen LogP contribution in [0.15, 0.2) is 107 Å². The first-order valence-electron chi connectivity index (χ1n) is 9.72. The van der Waals surface area contributed by atoms with Crippen molar-refractivity contribution < 1.29 is 0 Å². The van der Waals surface area contributed by atoms with Crippen LogP contribution in [-0.4, -0.2) is 11.5 Å². The molecule has 0 saturated carbocycles. The van der Waals surface area contributed by atoms with Crippen LogP contribution < -0.4 is 0 Å². The molecule has 0 aliphatic carbocycles. The van der Waals surface area contributed by atoms with Crippen LogP contribution in [0.4, 0.5) is 5.69 Å². The maximum absolute atomic E-state index is 6.01. The number of rotatable bonds is 3. The summed E-state index contributed by atoms with van der Waals surface area (Å²) in [5, 5.41) is 3.17. The van der Waals surface area contributed by atoms with Gasteiger partial charge in [-0.1, -0.05) is 78.3 Å². The SMILES string of the molecule is Clc1ccc(N=C2CC(c3ccccc3)C(c3ccc4ccccc4c3)=N2)cc1. The van der Waals surface area contributed by atoms with Crippen molar-refractivity contribution in [3.63, 3.8) is 0 Å². The Bertz CT molecular complexity index is 1220. The second kappa shape index (κ2) is 7.65. The number of aliphatic imine (C=N–C) groups is 2. The highest BCUT2D eigenvalue weighted by atomic mass is 35.5. The Hall–Kier alpha value is -3.23. The Balaban J connectivity index is 1.59. The molecule has 0 amide bonds. The van der Waals surface area contributed by atoms with Crippen molar-refractivity contribution in [1.29, 1.82) is 0 Å². The van der Waals surface area contributed by atoms with E-state index in [1.807, 2.05) is 30.3 Å². The van der Waals surface area contributed by atoms with Crippen LogP contribution in [0.5, 0.6) is 0 Å². The lowest BCUT2D eigenvalue weighted by molar-refractivity contribution is 0.969. The van der Waals surface area contributed by atoms with Crippen LogP contribution in [-0.2, 0) is 0 Å². The van der Waals surface area contributed by atoms with E-state index in [1.165, 1.54) is 16.3 Å². The molecule has 5 rings (SSSR count). The molecule has 0 bridgehead atoms. The fourth-order valence-electron chi connectivity index (χ4n) is 3.85. The maximum atomic E-state index is 6.01. The molecule has 1 atom stereocenters. The highest BCUT2D eigenvalue weighted by Gasteiger charge is 2.28. The van der Waals surface area contributed by atoms with E-state index >= 15 is 0 Å². The summed E-state index contributed by atoms with van der Waals surface area (Å²) in [6.07, 6.45) is 0.787. The standard InChI is InChI=1S/C26H19ClN2/c27-22-12-14-23(15-13-22)28-25-17-24(19-7-2-1-3-8-19)26(29-25)21-11-10-18-6-4-5-9-20(18)16-21/h1-16,24H,17H2. The van der Waals surface area contributed by atoms with Gasteiger partial charge in [0.1, 0.15) is 5.84 Å². The first-order chi connectivity index (χ1) is 14.3. The van der Waals surface area contributed by atoms with Gasteiger partial charge in [-0.25, -0.2) is 9.98 Å². The summed E-state index contributed by atoms with van der Waals surface area (Å²) in [7, 11) is 0. The molecule has 0 N–H and O–H groups in total. The zero-order valence-electron chi connectivity index (χ0n) is 15.8. The van der Waals surface area contributed by atoms with Gasteiger partial charge in [-0.3, -0.25) is 0 Å². The molecule has 140 valence electrons. The number of halogens is 1. The molecule has 1 aliphatic rings. The van der Waals surface area contributed by atoms with Crippen LogP contribution in [0.3, 0.4) is 0 Å². The van der Waals surface area contributed by atoms with E-state index in [-0.39, 0.29) is 5.92 Å². The average Bonchev–Trinajstić information content (AvgIpc) is 3.19. The third-order valence-corrected chi connectivity index (χ3v) is 5.55. The Kier molecular flexibility index (Phi) is 4.71. The van der Waals surface area contributed by atoms with Gasteiger partial charge in [-0.15, -0.1) is 0 Å². The molecule has 2 nitrogen and oxygen atoms in total. The largest absolute Gasteiger partial charge is 0.237 e. The van der Waals surface area contributed by atoms with E-state index < -0.39 is 0 Å². The molecule has 1 unspecified atom stereocenters. The second-order valence-corrected chi connectivity index (χ2v) is 7.67. The Morgan fingerprint density at radius 2 is 1.48 bits per heavy atom. The summed E-state index contributed by atoms with van der Waals surface area (Å²) < 4.78 is 0. The minimum absolute atomic E-state index is 0.198. The molecule has 1 aliphatic heterocycles. The molecular weight excluding hydrogens is 376 g/mol. The molecule has 0 radical (unpaired) electrons. The summed E-state index contributed by atoms with van der Waals surface area (Å²) in [6.45, 7) is 0. The Morgan fingerprint density at radius 3 is 2.28 bits per heavy atom. The lowest BCUT2D eigenvalue weighted by Crippen LogP contribution is -2.09. The molecule has 0 spiro atoms. The smallest absolute Gasteiger partial charge is 0.130 e. The number of benzene rings is 4. The van der Waals surface area contributed by atoms with Gasteiger partial charge in [0, 0.05) is 17.4 Å².